The van der Waals surface area contributed by atoms with Crippen LogP contribution in [0.2, 0.25) is 0 Å². The Balaban J connectivity index is 1.80. The Morgan fingerprint density at radius 2 is 1.56 bits per heavy atom. The quantitative estimate of drug-likeness (QED) is 0.353. The monoisotopic (exact) mass is 470 g/mol. The van der Waals surface area contributed by atoms with Crippen molar-refractivity contribution in [3.63, 3.8) is 0 Å². The highest BCUT2D eigenvalue weighted by Gasteiger charge is 2.32. The molecule has 1 amide bonds. The first-order valence-electron chi connectivity index (χ1n) is 10.5. The van der Waals surface area contributed by atoms with E-state index >= 15 is 0 Å². The maximum atomic E-state index is 13.6. The van der Waals surface area contributed by atoms with E-state index in [0.29, 0.717) is 28.3 Å². The summed E-state index contributed by atoms with van der Waals surface area (Å²) in [5, 5.41) is 1.20. The molecule has 0 spiro atoms. The maximum absolute atomic E-state index is 13.6. The SMILES string of the molecule is C=CC(=O)NC(c1cccnc1-c1cccc(Oc2ccccc2)c1)S(=O)(=O)c1ccccc1. The summed E-state index contributed by atoms with van der Waals surface area (Å²) in [7, 11) is -4.00. The Kier molecular flexibility index (Phi) is 6.85. The van der Waals surface area contributed by atoms with Crippen molar-refractivity contribution in [1.29, 1.82) is 0 Å². The number of benzene rings is 3. The zero-order valence-corrected chi connectivity index (χ0v) is 19.0. The van der Waals surface area contributed by atoms with Gasteiger partial charge in [-0.15, -0.1) is 0 Å². The van der Waals surface area contributed by atoms with Crippen LogP contribution in [0.5, 0.6) is 11.5 Å². The van der Waals surface area contributed by atoms with Crippen molar-refractivity contribution in [2.75, 3.05) is 0 Å². The molecule has 0 aliphatic heterocycles. The van der Waals surface area contributed by atoms with Crippen molar-refractivity contribution < 1.29 is 17.9 Å². The lowest BCUT2D eigenvalue weighted by Crippen LogP contribution is -2.33. The number of para-hydroxylation sites is 1. The van der Waals surface area contributed by atoms with Crippen LogP contribution in [0.15, 0.2) is 121 Å². The second-order valence-corrected chi connectivity index (χ2v) is 9.37. The fourth-order valence-electron chi connectivity index (χ4n) is 3.46. The molecule has 7 heteroatoms. The topological polar surface area (TPSA) is 85.4 Å². The molecule has 1 atom stereocenters. The number of nitrogens with zero attached hydrogens (tertiary/aromatic N) is 1. The van der Waals surface area contributed by atoms with E-state index in [1.165, 1.54) is 12.1 Å². The van der Waals surface area contributed by atoms with E-state index in [4.69, 9.17) is 4.74 Å². The molecule has 1 unspecified atom stereocenters. The molecule has 3 aromatic carbocycles. The number of aromatic nitrogens is 1. The first kappa shape index (κ1) is 22.9. The first-order valence-corrected chi connectivity index (χ1v) is 12.0. The minimum Gasteiger partial charge on any atom is -0.457 e. The minimum absolute atomic E-state index is 0.0836. The van der Waals surface area contributed by atoms with Crippen LogP contribution in [0.25, 0.3) is 11.3 Å². The number of hydrogen-bond acceptors (Lipinski definition) is 5. The molecular weight excluding hydrogens is 448 g/mol. The summed E-state index contributed by atoms with van der Waals surface area (Å²) in [6.45, 7) is 3.46. The summed E-state index contributed by atoms with van der Waals surface area (Å²) >= 11 is 0. The molecule has 0 bridgehead atoms. The Hall–Kier alpha value is -4.23. The number of amides is 1. The van der Waals surface area contributed by atoms with Crippen molar-refractivity contribution in [3.8, 4) is 22.8 Å². The number of ether oxygens (including phenoxy) is 1. The van der Waals surface area contributed by atoms with Gasteiger partial charge in [0.1, 0.15) is 11.5 Å². The van der Waals surface area contributed by atoms with Gasteiger partial charge in [-0.05, 0) is 48.5 Å². The van der Waals surface area contributed by atoms with Crippen LogP contribution in [0, 0.1) is 0 Å². The summed E-state index contributed by atoms with van der Waals surface area (Å²) in [6.07, 6.45) is 2.61. The predicted octanol–water partition coefficient (Wildman–Crippen LogP) is 5.32. The number of sulfone groups is 1. The van der Waals surface area contributed by atoms with Crippen LogP contribution in [0.1, 0.15) is 10.9 Å². The Bertz CT molecular complexity index is 1410. The van der Waals surface area contributed by atoms with Gasteiger partial charge < -0.3 is 10.1 Å². The molecule has 34 heavy (non-hydrogen) atoms. The van der Waals surface area contributed by atoms with Gasteiger partial charge in [0.2, 0.25) is 15.7 Å². The van der Waals surface area contributed by atoms with E-state index in [1.54, 1.807) is 54.7 Å². The van der Waals surface area contributed by atoms with Crippen molar-refractivity contribution in [3.05, 3.63) is 121 Å². The lowest BCUT2D eigenvalue weighted by Gasteiger charge is -2.21. The third kappa shape index (κ3) is 5.05. The zero-order chi connectivity index (χ0) is 24.0. The molecule has 4 rings (SSSR count). The molecule has 4 aromatic rings. The van der Waals surface area contributed by atoms with E-state index < -0.39 is 21.1 Å². The zero-order valence-electron chi connectivity index (χ0n) is 18.2. The summed E-state index contributed by atoms with van der Waals surface area (Å²) in [5.41, 5.74) is 1.39. The number of nitrogens with one attached hydrogen (secondary N) is 1. The van der Waals surface area contributed by atoms with Crippen LogP contribution in [-0.2, 0) is 14.6 Å². The van der Waals surface area contributed by atoms with E-state index in [0.717, 1.165) is 6.08 Å². The van der Waals surface area contributed by atoms with E-state index in [1.807, 2.05) is 36.4 Å². The molecule has 1 aromatic heterocycles. The van der Waals surface area contributed by atoms with Gasteiger partial charge >= 0.3 is 0 Å². The maximum Gasteiger partial charge on any atom is 0.244 e. The number of carbonyl (C=O) groups excluding carboxylic acids is 1. The Morgan fingerprint density at radius 1 is 0.882 bits per heavy atom. The molecule has 1 N–H and O–H groups in total. The van der Waals surface area contributed by atoms with Crippen LogP contribution >= 0.6 is 0 Å². The molecule has 1 heterocycles. The standard InChI is InChI=1S/C27H22N2O4S/c1-2-25(30)29-27(34(31,32)23-15-7-4-8-16-23)24-17-10-18-28-26(24)20-11-9-14-22(19-20)33-21-12-5-3-6-13-21/h2-19,27H,1H2,(H,29,30). The molecule has 0 aliphatic rings. The molecule has 170 valence electrons. The number of rotatable bonds is 8. The van der Waals surface area contributed by atoms with Crippen LogP contribution in [0.3, 0.4) is 0 Å². The van der Waals surface area contributed by atoms with Crippen molar-refractivity contribution in [2.45, 2.75) is 10.3 Å². The summed E-state index contributed by atoms with van der Waals surface area (Å²) in [4.78, 5) is 16.8. The van der Waals surface area contributed by atoms with Gasteiger partial charge in [-0.3, -0.25) is 9.78 Å². The molecule has 0 saturated heterocycles. The first-order chi connectivity index (χ1) is 16.5. The molecule has 6 nitrogen and oxygen atoms in total. The molecule has 0 fully saturated rings. The molecule has 0 radical (unpaired) electrons. The number of pyridine rings is 1. The highest BCUT2D eigenvalue weighted by Crippen LogP contribution is 2.34. The Labute approximate surface area is 198 Å². The van der Waals surface area contributed by atoms with Crippen LogP contribution in [0.4, 0.5) is 0 Å². The van der Waals surface area contributed by atoms with Gasteiger partial charge in [-0.1, -0.05) is 61.2 Å². The molecular formula is C27H22N2O4S. The summed E-state index contributed by atoms with van der Waals surface area (Å²) in [5.74, 6) is 0.627. The van der Waals surface area contributed by atoms with Gasteiger partial charge in [0.05, 0.1) is 10.6 Å². The lowest BCUT2D eigenvalue weighted by atomic mass is 10.1. The fraction of sp³-hybridized carbons (Fsp3) is 0.0370. The second-order valence-electron chi connectivity index (χ2n) is 7.33. The summed E-state index contributed by atoms with van der Waals surface area (Å²) in [6, 6.07) is 27.8. The molecule has 0 saturated carbocycles. The molecule has 0 aliphatic carbocycles. The van der Waals surface area contributed by atoms with Crippen molar-refractivity contribution in [1.82, 2.24) is 10.3 Å². The largest absolute Gasteiger partial charge is 0.457 e. The van der Waals surface area contributed by atoms with Crippen LogP contribution in [-0.4, -0.2) is 19.3 Å². The van der Waals surface area contributed by atoms with Crippen molar-refractivity contribution in [2.24, 2.45) is 0 Å². The van der Waals surface area contributed by atoms with E-state index in [9.17, 15) is 13.2 Å². The third-order valence-electron chi connectivity index (χ3n) is 5.05. The van der Waals surface area contributed by atoms with Gasteiger partial charge in [0.15, 0.2) is 5.37 Å². The predicted molar refractivity (Wildman–Crippen MR) is 131 cm³/mol. The average molecular weight is 471 g/mol. The minimum atomic E-state index is -4.00. The van der Waals surface area contributed by atoms with Gasteiger partial charge in [0.25, 0.3) is 0 Å². The second kappa shape index (κ2) is 10.1. The normalized spacial score (nSPS) is 11.9. The highest BCUT2D eigenvalue weighted by molar-refractivity contribution is 7.91. The Morgan fingerprint density at radius 3 is 2.26 bits per heavy atom. The number of carbonyl (C=O) groups is 1. The third-order valence-corrected chi connectivity index (χ3v) is 6.97. The van der Waals surface area contributed by atoms with Gasteiger partial charge in [-0.2, -0.15) is 0 Å². The van der Waals surface area contributed by atoms with Gasteiger partial charge in [0, 0.05) is 17.3 Å². The summed E-state index contributed by atoms with van der Waals surface area (Å²) < 4.78 is 33.1. The average Bonchev–Trinajstić information content (AvgIpc) is 2.88. The smallest absolute Gasteiger partial charge is 0.244 e. The number of hydrogen-bond donors (Lipinski definition) is 1. The van der Waals surface area contributed by atoms with Crippen molar-refractivity contribution >= 4 is 15.7 Å². The van der Waals surface area contributed by atoms with E-state index in [-0.39, 0.29) is 4.90 Å². The lowest BCUT2D eigenvalue weighted by molar-refractivity contribution is -0.116. The van der Waals surface area contributed by atoms with Gasteiger partial charge in [-0.25, -0.2) is 8.42 Å². The fourth-order valence-corrected chi connectivity index (χ4v) is 5.06. The van der Waals surface area contributed by atoms with E-state index in [2.05, 4.69) is 16.9 Å². The highest BCUT2D eigenvalue weighted by atomic mass is 32.2. The van der Waals surface area contributed by atoms with Crippen LogP contribution < -0.4 is 10.1 Å².